The van der Waals surface area contributed by atoms with Gasteiger partial charge in [0.2, 0.25) is 0 Å². The number of aromatic nitrogens is 4. The second-order valence-electron chi connectivity index (χ2n) is 6.34. The number of carbonyl (C=O) groups is 1. The number of carbonyl (C=O) groups excluding carboxylic acids is 1. The monoisotopic (exact) mass is 432 g/mol. The van der Waals surface area contributed by atoms with E-state index in [1.165, 1.54) is 10.9 Å². The van der Waals surface area contributed by atoms with Crippen LogP contribution in [-0.2, 0) is 11.3 Å². The average Bonchev–Trinajstić information content (AvgIpc) is 3.11. The minimum Gasteiger partial charge on any atom is -0.482 e. The second-order valence-corrected chi connectivity index (χ2v) is 6.34. The molecule has 0 radical (unpaired) electrons. The summed E-state index contributed by atoms with van der Waals surface area (Å²) in [6.45, 7) is -0.0678. The van der Waals surface area contributed by atoms with Crippen LogP contribution in [0.1, 0.15) is 0 Å². The number of nitrogens with zero attached hydrogens (tertiary/aromatic N) is 4. The lowest BCUT2D eigenvalue weighted by atomic mass is 10.1. The molecule has 0 unspecified atom stereocenters. The zero-order valence-corrected chi connectivity index (χ0v) is 16.4. The molecule has 0 aliphatic carbocycles. The Bertz CT molecular complexity index is 1170. The molecule has 3 N–H and O–H groups in total. The van der Waals surface area contributed by atoms with Gasteiger partial charge in [0.05, 0.1) is 24.3 Å². The van der Waals surface area contributed by atoms with E-state index in [2.05, 4.69) is 15.4 Å². The van der Waals surface area contributed by atoms with Crippen molar-refractivity contribution in [2.45, 2.75) is 6.54 Å². The third kappa shape index (κ3) is 4.09. The molecule has 0 spiro atoms. The van der Waals surface area contributed by atoms with Gasteiger partial charge in [-0.2, -0.15) is 5.10 Å². The summed E-state index contributed by atoms with van der Waals surface area (Å²) in [5.74, 6) is 0.711. The van der Waals surface area contributed by atoms with Crippen LogP contribution in [0.15, 0.2) is 59.4 Å². The lowest BCUT2D eigenvalue weighted by Gasteiger charge is -2.18. The van der Waals surface area contributed by atoms with Crippen LogP contribution >= 0.6 is 12.4 Å². The molecule has 2 aromatic heterocycles. The van der Waals surface area contributed by atoms with Crippen molar-refractivity contribution in [1.82, 2.24) is 19.3 Å². The highest BCUT2D eigenvalue weighted by Crippen LogP contribution is 2.32. The SMILES string of the molecule is Cl.NC/C(=C\F)Cn1ncn(-c2cccc(-c3ccc4c(c3)NC(=O)CO4)n2)c1=O. The molecule has 1 aliphatic heterocycles. The number of anilines is 1. The maximum absolute atomic E-state index is 12.8. The quantitative estimate of drug-likeness (QED) is 0.633. The van der Waals surface area contributed by atoms with Crippen LogP contribution in [0.2, 0.25) is 0 Å². The Morgan fingerprint density at radius 2 is 2.13 bits per heavy atom. The number of hydrogen-bond donors (Lipinski definition) is 2. The van der Waals surface area contributed by atoms with Crippen molar-refractivity contribution < 1.29 is 13.9 Å². The Morgan fingerprint density at radius 1 is 1.30 bits per heavy atom. The molecule has 0 bridgehead atoms. The molecule has 9 nitrogen and oxygen atoms in total. The molecule has 1 aromatic carbocycles. The van der Waals surface area contributed by atoms with Crippen molar-refractivity contribution in [1.29, 1.82) is 0 Å². The lowest BCUT2D eigenvalue weighted by Crippen LogP contribution is -2.26. The highest BCUT2D eigenvalue weighted by molar-refractivity contribution is 5.96. The van der Waals surface area contributed by atoms with E-state index in [1.807, 2.05) is 6.07 Å². The Balaban J connectivity index is 0.00000256. The molecule has 3 heterocycles. The standard InChI is InChI=1S/C19H17FN6O3.ClH/c20-7-12(8-21)9-26-19(28)25(11-22-26)17-3-1-2-14(23-17)13-4-5-16-15(6-13)24-18(27)10-29-16;/h1-7,11H,8-10,21H2,(H,24,27);1H/b12-7+;. The summed E-state index contributed by atoms with van der Waals surface area (Å²) in [4.78, 5) is 28.6. The molecule has 1 aliphatic rings. The molecule has 156 valence electrons. The maximum Gasteiger partial charge on any atom is 0.351 e. The van der Waals surface area contributed by atoms with Gasteiger partial charge in [-0.3, -0.25) is 4.79 Å². The van der Waals surface area contributed by atoms with Gasteiger partial charge in [0.25, 0.3) is 5.91 Å². The highest BCUT2D eigenvalue weighted by Gasteiger charge is 2.17. The summed E-state index contributed by atoms with van der Waals surface area (Å²) >= 11 is 0. The first-order valence-corrected chi connectivity index (χ1v) is 8.76. The maximum atomic E-state index is 12.8. The van der Waals surface area contributed by atoms with Crippen LogP contribution in [0, 0.1) is 0 Å². The van der Waals surface area contributed by atoms with Crippen LogP contribution in [0.3, 0.4) is 0 Å². The number of rotatable bonds is 5. The average molecular weight is 433 g/mol. The number of hydrogen-bond acceptors (Lipinski definition) is 6. The Kier molecular flexibility index (Phi) is 6.28. The summed E-state index contributed by atoms with van der Waals surface area (Å²) in [6, 6.07) is 10.5. The number of ether oxygens (including phenoxy) is 1. The Hall–Kier alpha value is -3.50. The molecule has 0 atom stereocenters. The summed E-state index contributed by atoms with van der Waals surface area (Å²) in [7, 11) is 0. The molecule has 4 rings (SSSR count). The van der Waals surface area contributed by atoms with Crippen LogP contribution < -0.4 is 21.5 Å². The minimum absolute atomic E-state index is 0. The first-order chi connectivity index (χ1) is 14.1. The van der Waals surface area contributed by atoms with E-state index in [4.69, 9.17) is 10.5 Å². The van der Waals surface area contributed by atoms with Gasteiger partial charge in [-0.05, 0) is 35.9 Å². The predicted octanol–water partition coefficient (Wildman–Crippen LogP) is 1.66. The van der Waals surface area contributed by atoms with Crippen molar-refractivity contribution in [2.75, 3.05) is 18.5 Å². The molecule has 0 saturated carbocycles. The molecule has 1 amide bonds. The van der Waals surface area contributed by atoms with Crippen LogP contribution in [0.4, 0.5) is 10.1 Å². The summed E-state index contributed by atoms with van der Waals surface area (Å²) < 4.78 is 20.5. The molecule has 3 aromatic rings. The van der Waals surface area contributed by atoms with Gasteiger partial charge in [-0.25, -0.2) is 23.4 Å². The summed E-state index contributed by atoms with van der Waals surface area (Å²) in [5.41, 5.74) is 7.11. The number of halogens is 2. The zero-order chi connectivity index (χ0) is 20.4. The first-order valence-electron chi connectivity index (χ1n) is 8.76. The van der Waals surface area contributed by atoms with Crippen molar-refractivity contribution in [2.24, 2.45) is 5.73 Å². The number of nitrogens with one attached hydrogen (secondary N) is 1. The van der Waals surface area contributed by atoms with Gasteiger partial charge < -0.3 is 15.8 Å². The zero-order valence-electron chi connectivity index (χ0n) is 15.6. The first kappa shape index (κ1) is 21.2. The second kappa shape index (κ2) is 8.89. The van der Waals surface area contributed by atoms with E-state index in [1.54, 1.807) is 30.3 Å². The topological polar surface area (TPSA) is 117 Å². The van der Waals surface area contributed by atoms with Crippen LogP contribution in [0.25, 0.3) is 17.1 Å². The molecular formula is C19H18ClFN6O3. The van der Waals surface area contributed by atoms with Gasteiger partial charge >= 0.3 is 5.69 Å². The smallest absolute Gasteiger partial charge is 0.351 e. The lowest BCUT2D eigenvalue weighted by molar-refractivity contribution is -0.118. The summed E-state index contributed by atoms with van der Waals surface area (Å²) in [6.07, 6.45) is 1.70. The van der Waals surface area contributed by atoms with Crippen LogP contribution in [-0.4, -0.2) is 38.4 Å². The van der Waals surface area contributed by atoms with E-state index in [0.29, 0.717) is 29.3 Å². The highest BCUT2D eigenvalue weighted by atomic mass is 35.5. The molecular weight excluding hydrogens is 415 g/mol. The largest absolute Gasteiger partial charge is 0.482 e. The Labute approximate surface area is 176 Å². The van der Waals surface area contributed by atoms with Gasteiger partial charge in [0.15, 0.2) is 6.61 Å². The third-order valence-electron chi connectivity index (χ3n) is 4.39. The van der Waals surface area contributed by atoms with Gasteiger partial charge in [-0.15, -0.1) is 12.4 Å². The normalized spacial score (nSPS) is 13.1. The molecule has 0 saturated heterocycles. The number of pyridine rings is 1. The van der Waals surface area contributed by atoms with Gasteiger partial charge in [-0.1, -0.05) is 6.07 Å². The summed E-state index contributed by atoms with van der Waals surface area (Å²) in [5, 5.41) is 6.75. The molecule has 30 heavy (non-hydrogen) atoms. The van der Waals surface area contributed by atoms with E-state index in [0.717, 1.165) is 10.2 Å². The number of nitrogens with two attached hydrogens (primary N) is 1. The van der Waals surface area contributed by atoms with Crippen molar-refractivity contribution in [3.8, 4) is 22.8 Å². The number of amides is 1. The van der Waals surface area contributed by atoms with Gasteiger partial charge in [0, 0.05) is 12.1 Å². The molecule has 11 heteroatoms. The fourth-order valence-electron chi connectivity index (χ4n) is 2.90. The third-order valence-corrected chi connectivity index (χ3v) is 4.39. The van der Waals surface area contributed by atoms with E-state index in [-0.39, 0.29) is 43.6 Å². The fourth-order valence-corrected chi connectivity index (χ4v) is 2.90. The molecule has 0 fully saturated rings. The Morgan fingerprint density at radius 3 is 2.90 bits per heavy atom. The van der Waals surface area contributed by atoms with E-state index < -0.39 is 5.69 Å². The number of fused-ring (bicyclic) bond motifs is 1. The fraction of sp³-hybridized carbons (Fsp3) is 0.158. The number of benzene rings is 1. The van der Waals surface area contributed by atoms with Crippen molar-refractivity contribution in [3.05, 3.63) is 65.1 Å². The van der Waals surface area contributed by atoms with Gasteiger partial charge in [0.1, 0.15) is 17.9 Å². The minimum atomic E-state index is -0.464. The predicted molar refractivity (Wildman–Crippen MR) is 111 cm³/mol. The van der Waals surface area contributed by atoms with E-state index in [9.17, 15) is 14.0 Å². The van der Waals surface area contributed by atoms with Crippen molar-refractivity contribution >= 4 is 24.0 Å². The van der Waals surface area contributed by atoms with E-state index >= 15 is 0 Å². The van der Waals surface area contributed by atoms with Crippen molar-refractivity contribution in [3.63, 3.8) is 0 Å². The van der Waals surface area contributed by atoms with Crippen LogP contribution in [0.5, 0.6) is 5.75 Å².